The third-order valence-electron chi connectivity index (χ3n) is 4.71. The molecule has 166 valence electrons. The standard InChI is InChI=1S/C23H29N3O5/c1-4-30-21-15-20(26-9-11-29-12-10-26)22(31-5-2)14-19(21)25-23(28)17-7-6-8-18(13-17)24-16(3)27/h6-8,13-15H,4-5,9-12H2,1-3H3,(H,24,27)(H,25,28). The SMILES string of the molecule is CCOc1cc(N2CCOCC2)c(OCC)cc1NC(=O)c1cccc(NC(C)=O)c1. The van der Waals surface area contributed by atoms with Crippen molar-refractivity contribution in [2.45, 2.75) is 20.8 Å². The second kappa shape index (κ2) is 10.7. The molecule has 0 saturated carbocycles. The number of ether oxygens (including phenoxy) is 3. The largest absolute Gasteiger partial charge is 0.492 e. The number of nitrogens with zero attached hydrogens (tertiary/aromatic N) is 1. The van der Waals surface area contributed by atoms with E-state index in [2.05, 4.69) is 15.5 Å². The van der Waals surface area contributed by atoms with Crippen molar-refractivity contribution in [2.75, 3.05) is 55.1 Å². The summed E-state index contributed by atoms with van der Waals surface area (Å²) >= 11 is 0. The average molecular weight is 428 g/mol. The van der Waals surface area contributed by atoms with E-state index in [-0.39, 0.29) is 11.8 Å². The molecule has 2 aromatic rings. The van der Waals surface area contributed by atoms with Crippen molar-refractivity contribution in [3.63, 3.8) is 0 Å². The first-order valence-corrected chi connectivity index (χ1v) is 10.5. The van der Waals surface area contributed by atoms with E-state index in [9.17, 15) is 9.59 Å². The average Bonchev–Trinajstić information content (AvgIpc) is 2.76. The Hall–Kier alpha value is -3.26. The van der Waals surface area contributed by atoms with Crippen LogP contribution in [0.25, 0.3) is 0 Å². The van der Waals surface area contributed by atoms with Crippen LogP contribution in [0.5, 0.6) is 11.5 Å². The molecule has 0 spiro atoms. The summed E-state index contributed by atoms with van der Waals surface area (Å²) < 4.78 is 17.2. The van der Waals surface area contributed by atoms with Crippen molar-refractivity contribution in [1.82, 2.24) is 0 Å². The summed E-state index contributed by atoms with van der Waals surface area (Å²) in [4.78, 5) is 26.4. The molecule has 0 bridgehead atoms. The van der Waals surface area contributed by atoms with Gasteiger partial charge in [0.15, 0.2) is 0 Å². The van der Waals surface area contributed by atoms with Crippen LogP contribution >= 0.6 is 0 Å². The minimum absolute atomic E-state index is 0.198. The second-order valence-electron chi connectivity index (χ2n) is 7.00. The number of morpholine rings is 1. The van der Waals surface area contributed by atoms with Crippen LogP contribution in [0.2, 0.25) is 0 Å². The lowest BCUT2D eigenvalue weighted by atomic mass is 10.1. The quantitative estimate of drug-likeness (QED) is 0.670. The Morgan fingerprint density at radius 1 is 1.00 bits per heavy atom. The molecule has 31 heavy (non-hydrogen) atoms. The molecular weight excluding hydrogens is 398 g/mol. The first-order valence-electron chi connectivity index (χ1n) is 10.5. The zero-order chi connectivity index (χ0) is 22.2. The Balaban J connectivity index is 1.91. The van der Waals surface area contributed by atoms with Crippen molar-refractivity contribution in [1.29, 1.82) is 0 Å². The van der Waals surface area contributed by atoms with Gasteiger partial charge in [-0.1, -0.05) is 6.07 Å². The van der Waals surface area contributed by atoms with E-state index in [1.807, 2.05) is 19.9 Å². The molecule has 0 atom stereocenters. The summed E-state index contributed by atoms with van der Waals surface area (Å²) in [6.45, 7) is 9.01. The summed E-state index contributed by atoms with van der Waals surface area (Å²) in [5.74, 6) is 0.736. The Morgan fingerprint density at radius 3 is 2.39 bits per heavy atom. The van der Waals surface area contributed by atoms with E-state index in [0.717, 1.165) is 18.8 Å². The summed E-state index contributed by atoms with van der Waals surface area (Å²) in [5, 5.41) is 5.61. The van der Waals surface area contributed by atoms with Crippen LogP contribution in [0.3, 0.4) is 0 Å². The van der Waals surface area contributed by atoms with Gasteiger partial charge in [-0.3, -0.25) is 9.59 Å². The molecule has 8 nitrogen and oxygen atoms in total. The molecule has 2 amide bonds. The molecule has 1 aliphatic heterocycles. The third-order valence-corrected chi connectivity index (χ3v) is 4.71. The van der Waals surface area contributed by atoms with E-state index in [1.54, 1.807) is 30.3 Å². The number of hydrogen-bond acceptors (Lipinski definition) is 6. The van der Waals surface area contributed by atoms with Crippen LogP contribution in [0.1, 0.15) is 31.1 Å². The molecule has 0 aliphatic carbocycles. The van der Waals surface area contributed by atoms with Gasteiger partial charge in [0.2, 0.25) is 5.91 Å². The second-order valence-corrected chi connectivity index (χ2v) is 7.00. The highest BCUT2D eigenvalue weighted by molar-refractivity contribution is 6.06. The maximum absolute atomic E-state index is 12.9. The zero-order valence-corrected chi connectivity index (χ0v) is 18.2. The van der Waals surface area contributed by atoms with Crippen LogP contribution in [0, 0.1) is 0 Å². The van der Waals surface area contributed by atoms with Crippen LogP contribution < -0.4 is 25.0 Å². The van der Waals surface area contributed by atoms with E-state index in [1.165, 1.54) is 6.92 Å². The molecule has 1 saturated heterocycles. The van der Waals surface area contributed by atoms with Gasteiger partial charge >= 0.3 is 0 Å². The Kier molecular flexibility index (Phi) is 7.72. The van der Waals surface area contributed by atoms with Crippen LogP contribution in [-0.4, -0.2) is 51.3 Å². The monoisotopic (exact) mass is 427 g/mol. The number of carbonyl (C=O) groups is 2. The minimum Gasteiger partial charge on any atom is -0.492 e. The lowest BCUT2D eigenvalue weighted by molar-refractivity contribution is -0.114. The number of anilines is 3. The van der Waals surface area contributed by atoms with Crippen LogP contribution in [0.15, 0.2) is 36.4 Å². The number of benzene rings is 2. The predicted molar refractivity (Wildman–Crippen MR) is 121 cm³/mol. The third kappa shape index (κ3) is 5.88. The van der Waals surface area contributed by atoms with E-state index in [0.29, 0.717) is 54.9 Å². The fraction of sp³-hybridized carbons (Fsp3) is 0.391. The highest BCUT2D eigenvalue weighted by Crippen LogP contribution is 2.39. The van der Waals surface area contributed by atoms with Crippen molar-refractivity contribution < 1.29 is 23.8 Å². The highest BCUT2D eigenvalue weighted by Gasteiger charge is 2.21. The first-order chi connectivity index (χ1) is 15.0. The van der Waals surface area contributed by atoms with Gasteiger partial charge in [0.05, 0.1) is 37.8 Å². The summed E-state index contributed by atoms with van der Waals surface area (Å²) in [7, 11) is 0. The number of amides is 2. The summed E-state index contributed by atoms with van der Waals surface area (Å²) in [6.07, 6.45) is 0. The molecule has 1 aliphatic rings. The van der Waals surface area contributed by atoms with Crippen molar-refractivity contribution in [3.8, 4) is 11.5 Å². The molecule has 2 N–H and O–H groups in total. The molecule has 3 rings (SSSR count). The topological polar surface area (TPSA) is 89.1 Å². The maximum atomic E-state index is 12.9. The number of rotatable bonds is 8. The smallest absolute Gasteiger partial charge is 0.255 e. The highest BCUT2D eigenvalue weighted by atomic mass is 16.5. The normalized spacial score (nSPS) is 13.5. The van der Waals surface area contributed by atoms with Gasteiger partial charge in [0.25, 0.3) is 5.91 Å². The van der Waals surface area contributed by atoms with Gasteiger partial charge in [-0.25, -0.2) is 0 Å². The molecule has 1 heterocycles. The fourth-order valence-corrected chi connectivity index (χ4v) is 3.38. The molecule has 2 aromatic carbocycles. The number of nitrogens with one attached hydrogen (secondary N) is 2. The van der Waals surface area contributed by atoms with Gasteiger partial charge < -0.3 is 29.7 Å². The molecular formula is C23H29N3O5. The van der Waals surface area contributed by atoms with Crippen LogP contribution in [0.4, 0.5) is 17.1 Å². The van der Waals surface area contributed by atoms with Crippen molar-refractivity contribution in [2.24, 2.45) is 0 Å². The summed E-state index contributed by atoms with van der Waals surface area (Å²) in [5.41, 5.74) is 2.42. The van der Waals surface area contributed by atoms with Crippen molar-refractivity contribution in [3.05, 3.63) is 42.0 Å². The lowest BCUT2D eigenvalue weighted by Crippen LogP contribution is -2.36. The fourth-order valence-electron chi connectivity index (χ4n) is 3.38. The minimum atomic E-state index is -0.310. The molecule has 0 aromatic heterocycles. The van der Waals surface area contributed by atoms with Gasteiger partial charge in [-0.2, -0.15) is 0 Å². The first kappa shape index (κ1) is 22.4. The van der Waals surface area contributed by atoms with Crippen LogP contribution in [-0.2, 0) is 9.53 Å². The van der Waals surface area contributed by atoms with E-state index in [4.69, 9.17) is 14.2 Å². The number of carbonyl (C=O) groups excluding carboxylic acids is 2. The summed E-state index contributed by atoms with van der Waals surface area (Å²) in [6, 6.07) is 10.5. The van der Waals surface area contributed by atoms with Gasteiger partial charge in [0, 0.05) is 43.4 Å². The van der Waals surface area contributed by atoms with Gasteiger partial charge in [-0.05, 0) is 32.0 Å². The maximum Gasteiger partial charge on any atom is 0.255 e. The van der Waals surface area contributed by atoms with Gasteiger partial charge in [-0.15, -0.1) is 0 Å². The Morgan fingerprint density at radius 2 is 1.71 bits per heavy atom. The Bertz CT molecular complexity index is 925. The van der Waals surface area contributed by atoms with E-state index < -0.39 is 0 Å². The Labute approximate surface area is 182 Å². The zero-order valence-electron chi connectivity index (χ0n) is 18.2. The van der Waals surface area contributed by atoms with Crippen molar-refractivity contribution >= 4 is 28.9 Å². The number of hydrogen-bond donors (Lipinski definition) is 2. The van der Waals surface area contributed by atoms with E-state index >= 15 is 0 Å². The van der Waals surface area contributed by atoms with Gasteiger partial charge in [0.1, 0.15) is 11.5 Å². The lowest BCUT2D eigenvalue weighted by Gasteiger charge is -2.31. The molecule has 8 heteroatoms. The molecule has 1 fully saturated rings. The predicted octanol–water partition coefficient (Wildman–Crippen LogP) is 3.53. The molecule has 0 radical (unpaired) electrons. The molecule has 0 unspecified atom stereocenters.